The molecule has 2 nitrogen and oxygen atoms in total. The second-order valence-corrected chi connectivity index (χ2v) is 4.51. The maximum absolute atomic E-state index is 12.3. The van der Waals surface area contributed by atoms with Gasteiger partial charge in [0.25, 0.3) is 0 Å². The average Bonchev–Trinajstić information content (AvgIpc) is 2.39. The third kappa shape index (κ3) is 2.57. The van der Waals surface area contributed by atoms with Gasteiger partial charge in [-0.15, -0.1) is 0 Å². The molecule has 1 aromatic rings. The van der Waals surface area contributed by atoms with E-state index in [1.54, 1.807) is 7.11 Å². The highest BCUT2D eigenvalue weighted by Crippen LogP contribution is 2.27. The van der Waals surface area contributed by atoms with Crippen LogP contribution in [0.4, 0.5) is 0 Å². The van der Waals surface area contributed by atoms with Crippen molar-refractivity contribution in [3.63, 3.8) is 0 Å². The van der Waals surface area contributed by atoms with Crippen LogP contribution in [-0.4, -0.2) is 12.9 Å². The molecule has 0 amide bonds. The predicted octanol–water partition coefficient (Wildman–Crippen LogP) is 3.69. The number of hydrogen-bond donors (Lipinski definition) is 0. The van der Waals surface area contributed by atoms with Crippen LogP contribution in [0.2, 0.25) is 0 Å². The van der Waals surface area contributed by atoms with Crippen LogP contribution in [0.3, 0.4) is 0 Å². The quantitative estimate of drug-likeness (QED) is 0.740. The highest BCUT2D eigenvalue weighted by atomic mass is 16.5. The first-order valence-corrected chi connectivity index (χ1v) is 6.11. The molecule has 0 spiro atoms. The molecule has 90 valence electrons. The molecule has 1 aliphatic carbocycles. The number of ketones is 1. The number of ether oxygens (including phenoxy) is 1. The summed E-state index contributed by atoms with van der Waals surface area (Å²) in [6.45, 7) is 2.00. The van der Waals surface area contributed by atoms with Crippen molar-refractivity contribution < 1.29 is 9.53 Å². The number of Topliss-reactive ketones (excluding diaryl/α,β-unsaturated/α-hetero) is 1. The fourth-order valence-electron chi connectivity index (χ4n) is 2.20. The normalized spacial score (nSPS) is 15.3. The third-order valence-electron chi connectivity index (χ3n) is 3.18. The SMILES string of the molecule is COc1cc(C)ccc1C(=O)C1=CCCCC1. The van der Waals surface area contributed by atoms with Gasteiger partial charge in [-0.1, -0.05) is 12.1 Å². The lowest BCUT2D eigenvalue weighted by Gasteiger charge is -2.14. The van der Waals surface area contributed by atoms with Crippen molar-refractivity contribution in [2.75, 3.05) is 7.11 Å². The second kappa shape index (κ2) is 5.17. The van der Waals surface area contributed by atoms with E-state index in [0.717, 1.165) is 30.4 Å². The molecule has 1 aromatic carbocycles. The first-order chi connectivity index (χ1) is 8.22. The maximum atomic E-state index is 12.3. The Balaban J connectivity index is 2.33. The molecule has 0 N–H and O–H groups in total. The Hall–Kier alpha value is -1.57. The standard InChI is InChI=1S/C15H18O2/c1-11-8-9-13(14(10-11)17-2)15(16)12-6-4-3-5-7-12/h6,8-10H,3-5,7H2,1-2H3. The van der Waals surface area contributed by atoms with Gasteiger partial charge in [-0.05, 0) is 55.9 Å². The summed E-state index contributed by atoms with van der Waals surface area (Å²) in [4.78, 5) is 12.3. The molecule has 2 heteroatoms. The third-order valence-corrected chi connectivity index (χ3v) is 3.18. The summed E-state index contributed by atoms with van der Waals surface area (Å²) in [7, 11) is 1.61. The summed E-state index contributed by atoms with van der Waals surface area (Å²) in [5.41, 5.74) is 2.74. The Morgan fingerprint density at radius 1 is 1.29 bits per heavy atom. The molecule has 0 radical (unpaired) electrons. The summed E-state index contributed by atoms with van der Waals surface area (Å²) >= 11 is 0. The first-order valence-electron chi connectivity index (χ1n) is 6.11. The van der Waals surface area contributed by atoms with E-state index in [4.69, 9.17) is 4.74 Å². The lowest BCUT2D eigenvalue weighted by molar-refractivity contribution is 0.102. The van der Waals surface area contributed by atoms with Crippen LogP contribution >= 0.6 is 0 Å². The zero-order valence-corrected chi connectivity index (χ0v) is 10.5. The van der Waals surface area contributed by atoms with Gasteiger partial charge < -0.3 is 4.74 Å². The summed E-state index contributed by atoms with van der Waals surface area (Å²) in [5.74, 6) is 0.808. The number of carbonyl (C=O) groups is 1. The number of hydrogen-bond acceptors (Lipinski definition) is 2. The Kier molecular flexibility index (Phi) is 3.62. The molecule has 0 unspecified atom stereocenters. The smallest absolute Gasteiger partial charge is 0.192 e. The lowest BCUT2D eigenvalue weighted by Crippen LogP contribution is -2.08. The van der Waals surface area contributed by atoms with E-state index < -0.39 is 0 Å². The van der Waals surface area contributed by atoms with E-state index in [2.05, 4.69) is 6.08 Å². The van der Waals surface area contributed by atoms with Gasteiger partial charge in [0.15, 0.2) is 5.78 Å². The minimum atomic E-state index is 0.126. The Morgan fingerprint density at radius 3 is 2.76 bits per heavy atom. The number of benzene rings is 1. The second-order valence-electron chi connectivity index (χ2n) is 4.51. The average molecular weight is 230 g/mol. The topological polar surface area (TPSA) is 26.3 Å². The Morgan fingerprint density at radius 2 is 2.12 bits per heavy atom. The Labute approximate surface area is 102 Å². The van der Waals surface area contributed by atoms with Crippen LogP contribution in [-0.2, 0) is 0 Å². The van der Waals surface area contributed by atoms with E-state index in [-0.39, 0.29) is 5.78 Å². The van der Waals surface area contributed by atoms with Crippen LogP contribution < -0.4 is 4.74 Å². The predicted molar refractivity (Wildman–Crippen MR) is 68.6 cm³/mol. The van der Waals surface area contributed by atoms with Gasteiger partial charge in [-0.2, -0.15) is 0 Å². The highest BCUT2D eigenvalue weighted by Gasteiger charge is 2.17. The maximum Gasteiger partial charge on any atom is 0.192 e. The molecule has 1 aliphatic rings. The van der Waals surface area contributed by atoms with Crippen LogP contribution in [0.25, 0.3) is 0 Å². The zero-order valence-electron chi connectivity index (χ0n) is 10.5. The van der Waals surface area contributed by atoms with Crippen molar-refractivity contribution in [1.82, 2.24) is 0 Å². The van der Waals surface area contributed by atoms with Crippen LogP contribution in [0.5, 0.6) is 5.75 Å². The molecule has 2 rings (SSSR count). The number of aryl methyl sites for hydroxylation is 1. The van der Waals surface area contributed by atoms with Crippen LogP contribution in [0.1, 0.15) is 41.6 Å². The summed E-state index contributed by atoms with van der Waals surface area (Å²) in [5, 5.41) is 0. The zero-order chi connectivity index (χ0) is 12.3. The van der Waals surface area contributed by atoms with Gasteiger partial charge in [-0.3, -0.25) is 4.79 Å². The molecule has 0 fully saturated rings. The van der Waals surface area contributed by atoms with Gasteiger partial charge >= 0.3 is 0 Å². The van der Waals surface area contributed by atoms with E-state index in [1.165, 1.54) is 6.42 Å². The molecular weight excluding hydrogens is 212 g/mol. The monoisotopic (exact) mass is 230 g/mol. The molecule has 0 atom stereocenters. The van der Waals surface area contributed by atoms with Crippen molar-refractivity contribution in [1.29, 1.82) is 0 Å². The van der Waals surface area contributed by atoms with E-state index >= 15 is 0 Å². The van der Waals surface area contributed by atoms with Crippen molar-refractivity contribution in [2.45, 2.75) is 32.6 Å². The number of methoxy groups -OCH3 is 1. The summed E-state index contributed by atoms with van der Waals surface area (Å²) < 4.78 is 5.29. The minimum Gasteiger partial charge on any atom is -0.496 e. The highest BCUT2D eigenvalue weighted by molar-refractivity contribution is 6.10. The molecule has 17 heavy (non-hydrogen) atoms. The molecule has 0 saturated carbocycles. The summed E-state index contributed by atoms with van der Waals surface area (Å²) in [6, 6.07) is 5.74. The fourth-order valence-corrected chi connectivity index (χ4v) is 2.20. The van der Waals surface area contributed by atoms with Crippen molar-refractivity contribution >= 4 is 5.78 Å². The van der Waals surface area contributed by atoms with Gasteiger partial charge in [0.2, 0.25) is 0 Å². The number of rotatable bonds is 3. The molecule has 0 heterocycles. The molecule has 0 saturated heterocycles. The van der Waals surface area contributed by atoms with Crippen LogP contribution in [0.15, 0.2) is 29.8 Å². The minimum absolute atomic E-state index is 0.126. The molecule has 0 aromatic heterocycles. The van der Waals surface area contributed by atoms with Crippen molar-refractivity contribution in [3.05, 3.63) is 41.0 Å². The molecule has 0 bridgehead atoms. The molecule has 0 aliphatic heterocycles. The van der Waals surface area contributed by atoms with Crippen molar-refractivity contribution in [3.8, 4) is 5.75 Å². The van der Waals surface area contributed by atoms with E-state index in [0.29, 0.717) is 11.3 Å². The number of allylic oxidation sites excluding steroid dienone is 2. The van der Waals surface area contributed by atoms with Gasteiger partial charge in [0.05, 0.1) is 12.7 Å². The summed E-state index contributed by atoms with van der Waals surface area (Å²) in [6.07, 6.45) is 6.31. The van der Waals surface area contributed by atoms with Crippen molar-refractivity contribution in [2.24, 2.45) is 0 Å². The fraction of sp³-hybridized carbons (Fsp3) is 0.400. The molecular formula is C15H18O2. The largest absolute Gasteiger partial charge is 0.496 e. The number of carbonyl (C=O) groups excluding carboxylic acids is 1. The van der Waals surface area contributed by atoms with E-state index in [1.807, 2.05) is 25.1 Å². The lowest BCUT2D eigenvalue weighted by atomic mass is 9.92. The van der Waals surface area contributed by atoms with Crippen LogP contribution in [0, 0.1) is 6.92 Å². The van der Waals surface area contributed by atoms with Gasteiger partial charge in [0, 0.05) is 0 Å². The van der Waals surface area contributed by atoms with Gasteiger partial charge in [-0.25, -0.2) is 0 Å². The Bertz CT molecular complexity index is 458. The van der Waals surface area contributed by atoms with E-state index in [9.17, 15) is 4.79 Å². The van der Waals surface area contributed by atoms with Gasteiger partial charge in [0.1, 0.15) is 5.75 Å². The first kappa shape index (κ1) is 11.9.